The maximum atomic E-state index is 6.77. The molecule has 0 radical (unpaired) electrons. The molecule has 4 nitrogen and oxygen atoms in total. The van der Waals surface area contributed by atoms with Crippen LogP contribution in [0.1, 0.15) is 5.56 Å². The normalized spacial score (nSPS) is 12.1. The van der Waals surface area contributed by atoms with Gasteiger partial charge in [0.05, 0.1) is 8.07 Å². The van der Waals surface area contributed by atoms with Gasteiger partial charge in [-0.05, 0) is 143 Å². The second-order valence-electron chi connectivity index (χ2n) is 16.8. The van der Waals surface area contributed by atoms with E-state index in [1.165, 1.54) is 10.8 Å². The molecule has 0 amide bonds. The SMILES string of the molecule is Cc1cccc(N(c2ccccc2)c2ccc3cc4c(cc3c2)oc2c4ccc3c4cc5ccc(N(c6ccccc6)c6cccc([Si](C)(C)C)c6)cc5cc4oc32)c1. The largest absolute Gasteiger partial charge is 0.452 e. The molecule has 0 unspecified atom stereocenters. The first-order valence-corrected chi connectivity index (χ1v) is 23.8. The van der Waals surface area contributed by atoms with Gasteiger partial charge in [-0.2, -0.15) is 0 Å². The summed E-state index contributed by atoms with van der Waals surface area (Å²) in [6, 6.07) is 65.6. The van der Waals surface area contributed by atoms with Crippen molar-refractivity contribution >= 4 is 113 Å². The Hall–Kier alpha value is -7.08. The van der Waals surface area contributed by atoms with Crippen LogP contribution in [0.2, 0.25) is 19.6 Å². The molecule has 0 bridgehead atoms. The fraction of sp³-hybridized carbons (Fsp3) is 0.0741. The molecule has 2 heterocycles. The molecule has 9 aromatic carbocycles. The smallest absolute Gasteiger partial charge is 0.178 e. The number of nitrogens with zero attached hydrogens (tertiary/aromatic N) is 2. The van der Waals surface area contributed by atoms with Gasteiger partial charge in [0.25, 0.3) is 0 Å². The standard InChI is InChI=1S/C54H42N2O2Si/c1-35-13-11-18-42(27-35)55(40-14-7-5-8-15-40)44-23-21-36-30-49-47-25-26-48-50-31-37-22-24-45(29-39(37)33-52(50)58-54(48)53(47)57-51(49)32-38(36)28-44)56(41-16-9-6-10-17-41)43-19-12-20-46(34-43)59(2,3)4/h5-34H,1-4H3. The monoisotopic (exact) mass is 778 g/mol. The van der Waals surface area contributed by atoms with Gasteiger partial charge in [0.2, 0.25) is 0 Å². The predicted octanol–water partition coefficient (Wildman–Crippen LogP) is 15.6. The lowest BCUT2D eigenvalue weighted by molar-refractivity contribution is 0.634. The summed E-state index contributed by atoms with van der Waals surface area (Å²) in [7, 11) is -1.53. The van der Waals surface area contributed by atoms with E-state index in [0.717, 1.165) is 99.5 Å². The number of fused-ring (bicyclic) bond motifs is 9. The predicted molar refractivity (Wildman–Crippen MR) is 253 cm³/mol. The average Bonchev–Trinajstić information content (AvgIpc) is 3.80. The Morgan fingerprint density at radius 2 is 0.814 bits per heavy atom. The molecule has 0 aliphatic heterocycles. The Morgan fingerprint density at radius 1 is 0.356 bits per heavy atom. The zero-order valence-corrected chi connectivity index (χ0v) is 34.5. The van der Waals surface area contributed by atoms with E-state index in [9.17, 15) is 0 Å². The van der Waals surface area contributed by atoms with E-state index in [2.05, 4.69) is 218 Å². The fourth-order valence-corrected chi connectivity index (χ4v) is 9.91. The minimum atomic E-state index is -1.53. The molecule has 0 saturated carbocycles. The zero-order chi connectivity index (χ0) is 39.8. The number of rotatable bonds is 7. The van der Waals surface area contributed by atoms with Crippen molar-refractivity contribution in [3.05, 3.63) is 188 Å². The van der Waals surface area contributed by atoms with Crippen LogP contribution in [0.3, 0.4) is 0 Å². The number of benzene rings is 9. The van der Waals surface area contributed by atoms with E-state index < -0.39 is 8.07 Å². The molecule has 0 fully saturated rings. The molecule has 11 rings (SSSR count). The summed E-state index contributed by atoms with van der Waals surface area (Å²) in [6.07, 6.45) is 0. The first-order chi connectivity index (χ1) is 28.7. The maximum Gasteiger partial charge on any atom is 0.178 e. The number of furan rings is 2. The third-order valence-electron chi connectivity index (χ3n) is 11.7. The maximum absolute atomic E-state index is 6.77. The minimum Gasteiger partial charge on any atom is -0.452 e. The fourth-order valence-electron chi connectivity index (χ4n) is 8.73. The van der Waals surface area contributed by atoms with Crippen molar-refractivity contribution < 1.29 is 8.83 Å². The van der Waals surface area contributed by atoms with Crippen LogP contribution in [0.15, 0.2) is 191 Å². The number of aryl methyl sites for hydroxylation is 1. The van der Waals surface area contributed by atoms with Crippen LogP contribution in [0.4, 0.5) is 34.1 Å². The second-order valence-corrected chi connectivity index (χ2v) is 21.8. The van der Waals surface area contributed by atoms with Crippen LogP contribution in [-0.2, 0) is 0 Å². The van der Waals surface area contributed by atoms with Crippen LogP contribution in [0.25, 0.3) is 65.4 Å². The molecule has 59 heavy (non-hydrogen) atoms. The Kier molecular flexibility index (Phi) is 8.04. The molecule has 5 heteroatoms. The first-order valence-electron chi connectivity index (χ1n) is 20.3. The Bertz CT molecular complexity index is 3400. The quantitative estimate of drug-likeness (QED) is 0.151. The molecule has 284 valence electrons. The minimum absolute atomic E-state index is 0.775. The van der Waals surface area contributed by atoms with Gasteiger partial charge in [0.15, 0.2) is 11.2 Å². The summed E-state index contributed by atoms with van der Waals surface area (Å²) in [4.78, 5) is 4.67. The van der Waals surface area contributed by atoms with Crippen molar-refractivity contribution in [2.75, 3.05) is 9.80 Å². The highest BCUT2D eigenvalue weighted by Gasteiger charge is 2.21. The molecular formula is C54H42N2O2Si. The molecule has 0 aliphatic carbocycles. The highest BCUT2D eigenvalue weighted by atomic mass is 28.3. The Labute approximate surface area is 344 Å². The summed E-state index contributed by atoms with van der Waals surface area (Å²) >= 11 is 0. The van der Waals surface area contributed by atoms with Gasteiger partial charge in [0, 0.05) is 55.7 Å². The lowest BCUT2D eigenvalue weighted by atomic mass is 10.0. The summed E-state index contributed by atoms with van der Waals surface area (Å²) in [5.74, 6) is 0. The van der Waals surface area contributed by atoms with Gasteiger partial charge in [-0.15, -0.1) is 0 Å². The summed E-state index contributed by atoms with van der Waals surface area (Å²) in [5.41, 5.74) is 11.2. The van der Waals surface area contributed by atoms with Crippen LogP contribution >= 0.6 is 0 Å². The van der Waals surface area contributed by atoms with Gasteiger partial charge >= 0.3 is 0 Å². The average molecular weight is 779 g/mol. The molecule has 0 saturated heterocycles. The first kappa shape index (κ1) is 35.1. The summed E-state index contributed by atoms with van der Waals surface area (Å²) in [6.45, 7) is 9.34. The van der Waals surface area contributed by atoms with E-state index in [-0.39, 0.29) is 0 Å². The van der Waals surface area contributed by atoms with Gasteiger partial charge in [-0.25, -0.2) is 0 Å². The Morgan fingerprint density at radius 3 is 1.31 bits per heavy atom. The van der Waals surface area contributed by atoms with Crippen molar-refractivity contribution in [1.29, 1.82) is 0 Å². The number of hydrogen-bond donors (Lipinski definition) is 0. The van der Waals surface area contributed by atoms with E-state index in [4.69, 9.17) is 8.83 Å². The van der Waals surface area contributed by atoms with E-state index in [1.54, 1.807) is 0 Å². The summed E-state index contributed by atoms with van der Waals surface area (Å²) in [5, 5.41) is 10.2. The number of para-hydroxylation sites is 2. The highest BCUT2D eigenvalue weighted by molar-refractivity contribution is 6.88. The summed E-state index contributed by atoms with van der Waals surface area (Å²) < 4.78 is 13.5. The van der Waals surface area contributed by atoms with Crippen LogP contribution in [0, 0.1) is 6.92 Å². The van der Waals surface area contributed by atoms with Crippen molar-refractivity contribution in [3.8, 4) is 0 Å². The van der Waals surface area contributed by atoms with Gasteiger partial charge in [0.1, 0.15) is 11.2 Å². The number of anilines is 6. The van der Waals surface area contributed by atoms with Gasteiger partial charge in [-0.1, -0.05) is 97.6 Å². The second kappa shape index (κ2) is 13.5. The van der Waals surface area contributed by atoms with E-state index >= 15 is 0 Å². The lowest BCUT2D eigenvalue weighted by Gasteiger charge is -2.27. The van der Waals surface area contributed by atoms with Crippen LogP contribution in [0.5, 0.6) is 0 Å². The van der Waals surface area contributed by atoms with Crippen molar-refractivity contribution in [2.45, 2.75) is 26.6 Å². The van der Waals surface area contributed by atoms with E-state index in [0.29, 0.717) is 0 Å². The van der Waals surface area contributed by atoms with Crippen molar-refractivity contribution in [3.63, 3.8) is 0 Å². The molecular weight excluding hydrogens is 737 g/mol. The third-order valence-corrected chi connectivity index (χ3v) is 13.8. The molecule has 0 aliphatic rings. The molecule has 0 N–H and O–H groups in total. The molecule has 2 aromatic heterocycles. The van der Waals surface area contributed by atoms with E-state index in [1.807, 2.05) is 0 Å². The number of hydrogen-bond acceptors (Lipinski definition) is 4. The molecule has 11 aromatic rings. The van der Waals surface area contributed by atoms with Crippen molar-refractivity contribution in [1.82, 2.24) is 0 Å². The topological polar surface area (TPSA) is 32.8 Å². The molecule has 0 spiro atoms. The zero-order valence-electron chi connectivity index (χ0n) is 33.5. The Balaban J connectivity index is 1.02. The van der Waals surface area contributed by atoms with Crippen molar-refractivity contribution in [2.24, 2.45) is 0 Å². The lowest BCUT2D eigenvalue weighted by Crippen LogP contribution is -2.37. The van der Waals surface area contributed by atoms with Gasteiger partial charge in [-0.3, -0.25) is 0 Å². The van der Waals surface area contributed by atoms with Gasteiger partial charge < -0.3 is 18.6 Å². The van der Waals surface area contributed by atoms with Crippen LogP contribution in [-0.4, -0.2) is 8.07 Å². The molecule has 0 atom stereocenters. The van der Waals surface area contributed by atoms with Crippen LogP contribution < -0.4 is 15.0 Å². The third kappa shape index (κ3) is 6.05. The highest BCUT2D eigenvalue weighted by Crippen LogP contribution is 2.43.